The van der Waals surface area contributed by atoms with Gasteiger partial charge in [0.15, 0.2) is 0 Å². The standard InChI is InChI=1S/C18H21ClN2O/c1-4-21(13-15-7-5-6-8-17(15)19)18(22)14-9-11-16(12-10-14)20(2)3/h5-12H,4,13H2,1-3H3. The second-order valence-electron chi connectivity index (χ2n) is 5.35. The third-order valence-electron chi connectivity index (χ3n) is 3.62. The van der Waals surface area contributed by atoms with Crippen molar-refractivity contribution in [2.45, 2.75) is 13.5 Å². The minimum atomic E-state index is 0.0210. The van der Waals surface area contributed by atoms with Gasteiger partial charge in [0, 0.05) is 43.5 Å². The van der Waals surface area contributed by atoms with Gasteiger partial charge in [-0.25, -0.2) is 0 Å². The molecule has 0 spiro atoms. The molecule has 1 amide bonds. The molecule has 0 radical (unpaired) electrons. The Bertz CT molecular complexity index is 638. The van der Waals surface area contributed by atoms with E-state index < -0.39 is 0 Å². The SMILES string of the molecule is CCN(Cc1ccccc1Cl)C(=O)c1ccc(N(C)C)cc1. The lowest BCUT2D eigenvalue weighted by Crippen LogP contribution is -2.30. The lowest BCUT2D eigenvalue weighted by molar-refractivity contribution is 0.0752. The summed E-state index contributed by atoms with van der Waals surface area (Å²) in [6.45, 7) is 3.13. The summed E-state index contributed by atoms with van der Waals surface area (Å²) >= 11 is 6.19. The van der Waals surface area contributed by atoms with E-state index in [0.29, 0.717) is 23.7 Å². The van der Waals surface area contributed by atoms with Crippen LogP contribution in [0.4, 0.5) is 5.69 Å². The van der Waals surface area contributed by atoms with Crippen molar-refractivity contribution in [2.75, 3.05) is 25.5 Å². The lowest BCUT2D eigenvalue weighted by Gasteiger charge is -2.22. The maximum absolute atomic E-state index is 12.6. The van der Waals surface area contributed by atoms with Crippen LogP contribution in [-0.4, -0.2) is 31.4 Å². The van der Waals surface area contributed by atoms with E-state index in [1.165, 1.54) is 0 Å². The van der Waals surface area contributed by atoms with Crippen LogP contribution in [0.5, 0.6) is 0 Å². The molecule has 0 aliphatic rings. The highest BCUT2D eigenvalue weighted by atomic mass is 35.5. The first kappa shape index (κ1) is 16.4. The van der Waals surface area contributed by atoms with Gasteiger partial charge >= 0.3 is 0 Å². The maximum Gasteiger partial charge on any atom is 0.254 e. The molecule has 0 aliphatic carbocycles. The predicted molar refractivity (Wildman–Crippen MR) is 92.6 cm³/mol. The summed E-state index contributed by atoms with van der Waals surface area (Å²) in [5, 5.41) is 0.691. The second kappa shape index (κ2) is 7.32. The van der Waals surface area contributed by atoms with Gasteiger partial charge in [-0.05, 0) is 42.8 Å². The van der Waals surface area contributed by atoms with Crippen molar-refractivity contribution < 1.29 is 4.79 Å². The lowest BCUT2D eigenvalue weighted by atomic mass is 10.1. The fourth-order valence-electron chi connectivity index (χ4n) is 2.24. The average Bonchev–Trinajstić information content (AvgIpc) is 2.53. The van der Waals surface area contributed by atoms with Crippen LogP contribution < -0.4 is 4.90 Å². The molecule has 0 saturated carbocycles. The fraction of sp³-hybridized carbons (Fsp3) is 0.278. The smallest absolute Gasteiger partial charge is 0.254 e. The number of rotatable bonds is 5. The Labute approximate surface area is 137 Å². The number of amides is 1. The summed E-state index contributed by atoms with van der Waals surface area (Å²) in [6, 6.07) is 15.3. The Balaban J connectivity index is 2.16. The first-order chi connectivity index (χ1) is 10.5. The first-order valence-corrected chi connectivity index (χ1v) is 7.70. The van der Waals surface area contributed by atoms with Crippen LogP contribution in [0.25, 0.3) is 0 Å². The third kappa shape index (κ3) is 3.80. The first-order valence-electron chi connectivity index (χ1n) is 7.33. The predicted octanol–water partition coefficient (Wildman–Crippen LogP) is 4.07. The van der Waals surface area contributed by atoms with Gasteiger partial charge in [0.1, 0.15) is 0 Å². The molecule has 0 bridgehead atoms. The van der Waals surface area contributed by atoms with Gasteiger partial charge in [0.2, 0.25) is 0 Å². The molecule has 0 fully saturated rings. The summed E-state index contributed by atoms with van der Waals surface area (Å²) in [4.78, 5) is 16.4. The number of nitrogens with zero attached hydrogens (tertiary/aromatic N) is 2. The number of anilines is 1. The van der Waals surface area contributed by atoms with Gasteiger partial charge in [-0.2, -0.15) is 0 Å². The molecule has 0 saturated heterocycles. The van der Waals surface area contributed by atoms with Crippen LogP contribution in [0, 0.1) is 0 Å². The van der Waals surface area contributed by atoms with Crippen molar-refractivity contribution >= 4 is 23.2 Å². The van der Waals surface area contributed by atoms with Crippen LogP contribution in [-0.2, 0) is 6.54 Å². The van der Waals surface area contributed by atoms with E-state index >= 15 is 0 Å². The van der Waals surface area contributed by atoms with Crippen molar-refractivity contribution in [1.29, 1.82) is 0 Å². The number of benzene rings is 2. The highest BCUT2D eigenvalue weighted by Crippen LogP contribution is 2.19. The summed E-state index contributed by atoms with van der Waals surface area (Å²) in [5.74, 6) is 0.0210. The highest BCUT2D eigenvalue weighted by molar-refractivity contribution is 6.31. The number of carbonyl (C=O) groups is 1. The summed E-state index contributed by atoms with van der Waals surface area (Å²) in [5.41, 5.74) is 2.73. The minimum Gasteiger partial charge on any atom is -0.378 e. The molecule has 2 aromatic rings. The molecule has 22 heavy (non-hydrogen) atoms. The van der Waals surface area contributed by atoms with E-state index in [0.717, 1.165) is 11.3 Å². The highest BCUT2D eigenvalue weighted by Gasteiger charge is 2.15. The molecule has 2 aromatic carbocycles. The van der Waals surface area contributed by atoms with Gasteiger partial charge in [-0.3, -0.25) is 4.79 Å². The second-order valence-corrected chi connectivity index (χ2v) is 5.76. The zero-order chi connectivity index (χ0) is 16.1. The van der Waals surface area contributed by atoms with Crippen molar-refractivity contribution in [3.63, 3.8) is 0 Å². The molecule has 0 aliphatic heterocycles. The maximum atomic E-state index is 12.6. The summed E-state index contributed by atoms with van der Waals surface area (Å²) in [6.07, 6.45) is 0. The molecule has 0 unspecified atom stereocenters. The van der Waals surface area contributed by atoms with Gasteiger partial charge in [0.25, 0.3) is 5.91 Å². The van der Waals surface area contributed by atoms with Crippen LogP contribution in [0.3, 0.4) is 0 Å². The molecule has 0 N–H and O–H groups in total. The van der Waals surface area contributed by atoms with Crippen molar-refractivity contribution in [3.05, 3.63) is 64.7 Å². The largest absolute Gasteiger partial charge is 0.378 e. The topological polar surface area (TPSA) is 23.6 Å². The minimum absolute atomic E-state index is 0.0210. The van der Waals surface area contributed by atoms with Crippen LogP contribution in [0.15, 0.2) is 48.5 Å². The monoisotopic (exact) mass is 316 g/mol. The van der Waals surface area contributed by atoms with E-state index in [-0.39, 0.29) is 5.91 Å². The number of hydrogen-bond donors (Lipinski definition) is 0. The molecule has 4 heteroatoms. The van der Waals surface area contributed by atoms with E-state index in [1.807, 2.05) is 74.4 Å². The Morgan fingerprint density at radius 1 is 1.05 bits per heavy atom. The molecular weight excluding hydrogens is 296 g/mol. The Kier molecular flexibility index (Phi) is 5.45. The molecular formula is C18H21ClN2O. The quantitative estimate of drug-likeness (QED) is 0.830. The third-order valence-corrected chi connectivity index (χ3v) is 3.99. The van der Waals surface area contributed by atoms with Crippen LogP contribution in [0.2, 0.25) is 5.02 Å². The Morgan fingerprint density at radius 2 is 1.68 bits per heavy atom. The van der Waals surface area contributed by atoms with Gasteiger partial charge < -0.3 is 9.80 Å². The molecule has 2 rings (SSSR count). The Morgan fingerprint density at radius 3 is 2.23 bits per heavy atom. The van der Waals surface area contributed by atoms with Crippen molar-refractivity contribution in [2.24, 2.45) is 0 Å². The zero-order valence-corrected chi connectivity index (χ0v) is 14.0. The van der Waals surface area contributed by atoms with Crippen molar-refractivity contribution in [3.8, 4) is 0 Å². The van der Waals surface area contributed by atoms with Crippen LogP contribution >= 0.6 is 11.6 Å². The van der Waals surface area contributed by atoms with E-state index in [1.54, 1.807) is 4.90 Å². The number of hydrogen-bond acceptors (Lipinski definition) is 2. The number of carbonyl (C=O) groups excluding carboxylic acids is 1. The van der Waals surface area contributed by atoms with E-state index in [2.05, 4.69) is 0 Å². The van der Waals surface area contributed by atoms with Crippen molar-refractivity contribution in [1.82, 2.24) is 4.90 Å². The summed E-state index contributed by atoms with van der Waals surface area (Å²) in [7, 11) is 3.96. The molecule has 116 valence electrons. The average molecular weight is 317 g/mol. The van der Waals surface area contributed by atoms with Crippen LogP contribution in [0.1, 0.15) is 22.8 Å². The zero-order valence-electron chi connectivity index (χ0n) is 13.2. The van der Waals surface area contributed by atoms with Gasteiger partial charge in [0.05, 0.1) is 0 Å². The molecule has 0 heterocycles. The number of halogens is 1. The fourth-order valence-corrected chi connectivity index (χ4v) is 2.44. The van der Waals surface area contributed by atoms with Gasteiger partial charge in [-0.1, -0.05) is 29.8 Å². The van der Waals surface area contributed by atoms with E-state index in [4.69, 9.17) is 11.6 Å². The molecule has 0 atom stereocenters. The normalized spacial score (nSPS) is 10.4. The summed E-state index contributed by atoms with van der Waals surface area (Å²) < 4.78 is 0. The van der Waals surface area contributed by atoms with E-state index in [9.17, 15) is 4.79 Å². The van der Waals surface area contributed by atoms with Gasteiger partial charge in [-0.15, -0.1) is 0 Å². The molecule has 0 aromatic heterocycles. The Hall–Kier alpha value is -2.00. The molecule has 3 nitrogen and oxygen atoms in total.